The molecule has 2 N–H and O–H groups in total. The summed E-state index contributed by atoms with van der Waals surface area (Å²) in [7, 11) is 0. The molecule has 7 nitrogen and oxygen atoms in total. The Kier molecular flexibility index (Phi) is 10.7. The molecule has 0 bridgehead atoms. The Morgan fingerprint density at radius 3 is 2.38 bits per heavy atom. The zero-order valence-electron chi connectivity index (χ0n) is 34.8. The van der Waals surface area contributed by atoms with Crippen LogP contribution in [0.5, 0.6) is 0 Å². The number of ether oxygens (including phenoxy) is 1. The van der Waals surface area contributed by atoms with Crippen LogP contribution < -0.4 is 10.2 Å². The number of carbonyl (C=O) groups is 3. The first-order valence-corrected chi connectivity index (χ1v) is 22.4. The van der Waals surface area contributed by atoms with Crippen LogP contribution in [0.15, 0.2) is 35.4 Å². The summed E-state index contributed by atoms with van der Waals surface area (Å²) in [5.74, 6) is 3.49. The number of carbonyl (C=O) groups excluding carboxylic acids is 2. The van der Waals surface area contributed by atoms with E-state index in [2.05, 4.69) is 69.1 Å². The van der Waals surface area contributed by atoms with Gasteiger partial charge in [-0.15, -0.1) is 0 Å². The fourth-order valence-corrected chi connectivity index (χ4v) is 14.7. The number of nitrogens with one attached hydrogen (secondary N) is 1. The zero-order valence-corrected chi connectivity index (χ0v) is 34.8. The first-order chi connectivity index (χ1) is 26.2. The lowest BCUT2D eigenvalue weighted by Crippen LogP contribution is -2.58. The van der Waals surface area contributed by atoms with Gasteiger partial charge in [0, 0.05) is 49.5 Å². The summed E-state index contributed by atoms with van der Waals surface area (Å²) in [5.41, 5.74) is 5.79. The van der Waals surface area contributed by atoms with Crippen LogP contribution in [0.3, 0.4) is 0 Å². The van der Waals surface area contributed by atoms with Gasteiger partial charge in [0.25, 0.3) is 0 Å². The summed E-state index contributed by atoms with van der Waals surface area (Å²) >= 11 is 0. The standard InChI is InChI=1S/C48H70N2O5/c1-29(2)43-41(52)27-48(19-20-49-28-31-7-9-33(10-8-31)50-21-23-55-24-22-50)18-16-34-35-12-14-42-46(4,5)32(25-40(51)37-26-38(30(37)3)45(53)54)15-17-47(42,6)39(35)13-11-36(34)44(43)48/h7-10,29-30,32,34-39,42,49H,11-28H2,1-6H3,(H,53,54). The maximum Gasteiger partial charge on any atom is 0.306 e. The average Bonchev–Trinajstić information content (AvgIpc) is 3.46. The molecule has 11 atom stereocenters. The second-order valence-electron chi connectivity index (χ2n) is 20.7. The number of anilines is 1. The molecule has 7 heteroatoms. The molecule has 6 fully saturated rings. The second-order valence-corrected chi connectivity index (χ2v) is 20.7. The van der Waals surface area contributed by atoms with E-state index in [1.807, 2.05) is 6.92 Å². The molecule has 1 saturated heterocycles. The molecule has 6 aliphatic carbocycles. The van der Waals surface area contributed by atoms with E-state index >= 15 is 0 Å². The summed E-state index contributed by atoms with van der Waals surface area (Å²) in [6, 6.07) is 9.02. The van der Waals surface area contributed by atoms with Crippen LogP contribution in [0, 0.1) is 75.4 Å². The highest BCUT2D eigenvalue weighted by Gasteiger charge is 2.63. The molecule has 0 spiro atoms. The Morgan fingerprint density at radius 2 is 1.69 bits per heavy atom. The van der Waals surface area contributed by atoms with Gasteiger partial charge >= 0.3 is 5.97 Å². The zero-order chi connectivity index (χ0) is 38.9. The monoisotopic (exact) mass is 755 g/mol. The number of aliphatic carboxylic acids is 1. The Labute approximate surface area is 331 Å². The van der Waals surface area contributed by atoms with Crippen molar-refractivity contribution in [3.8, 4) is 0 Å². The minimum Gasteiger partial charge on any atom is -0.481 e. The number of Topliss-reactive ketones (excluding diaryl/α,β-unsaturated/α-hetero) is 2. The Hall–Kier alpha value is -2.51. The molecule has 0 amide bonds. The van der Waals surface area contributed by atoms with Crippen molar-refractivity contribution < 1.29 is 24.2 Å². The van der Waals surface area contributed by atoms with Crippen LogP contribution in [-0.4, -0.2) is 55.5 Å². The molecule has 1 aromatic carbocycles. The molecule has 1 heterocycles. The van der Waals surface area contributed by atoms with E-state index in [9.17, 15) is 19.5 Å². The van der Waals surface area contributed by atoms with Crippen molar-refractivity contribution in [2.24, 2.45) is 75.4 Å². The third-order valence-electron chi connectivity index (χ3n) is 17.7. The van der Waals surface area contributed by atoms with E-state index in [0.717, 1.165) is 70.5 Å². The van der Waals surface area contributed by atoms with Crippen LogP contribution in [-0.2, 0) is 25.7 Å². The average molecular weight is 755 g/mol. The van der Waals surface area contributed by atoms with Crippen molar-refractivity contribution in [1.29, 1.82) is 0 Å². The normalized spacial score (nSPS) is 39.5. The van der Waals surface area contributed by atoms with E-state index in [0.29, 0.717) is 54.5 Å². The molecule has 0 radical (unpaired) electrons. The summed E-state index contributed by atoms with van der Waals surface area (Å²) < 4.78 is 5.53. The van der Waals surface area contributed by atoms with Crippen molar-refractivity contribution in [2.75, 3.05) is 37.7 Å². The first-order valence-electron chi connectivity index (χ1n) is 22.4. The minimum absolute atomic E-state index is 0.0218. The highest BCUT2D eigenvalue weighted by molar-refractivity contribution is 6.00. The van der Waals surface area contributed by atoms with Gasteiger partial charge in [-0.1, -0.05) is 59.2 Å². The quantitative estimate of drug-likeness (QED) is 0.218. The SMILES string of the molecule is CC(C)C1=C2C3CCC4C(CCC5C(C)(C)C(CC(=O)C6CC(C(=O)O)C6C)CCC45C)C3CCC2(CCNCc2ccc(N3CCOCC3)cc2)CC1=O. The molecule has 7 aliphatic rings. The molecule has 5 saturated carbocycles. The van der Waals surface area contributed by atoms with Gasteiger partial charge in [-0.05, 0) is 152 Å². The molecular formula is C48H70N2O5. The molecule has 55 heavy (non-hydrogen) atoms. The third kappa shape index (κ3) is 6.77. The van der Waals surface area contributed by atoms with Gasteiger partial charge in [-0.25, -0.2) is 0 Å². The molecule has 8 rings (SSSR count). The number of benzene rings is 1. The molecule has 1 aliphatic heterocycles. The number of rotatable bonds is 11. The number of morpholine rings is 1. The molecular weight excluding hydrogens is 685 g/mol. The Morgan fingerprint density at radius 1 is 0.945 bits per heavy atom. The van der Waals surface area contributed by atoms with Crippen molar-refractivity contribution in [3.63, 3.8) is 0 Å². The number of hydrogen-bond donors (Lipinski definition) is 2. The maximum atomic E-state index is 14.0. The predicted octanol–water partition coefficient (Wildman–Crippen LogP) is 9.14. The highest BCUT2D eigenvalue weighted by Crippen LogP contribution is 2.70. The van der Waals surface area contributed by atoms with Crippen LogP contribution in [0.2, 0.25) is 0 Å². The number of carboxylic acid groups (broad SMARTS) is 1. The van der Waals surface area contributed by atoms with E-state index < -0.39 is 5.97 Å². The predicted molar refractivity (Wildman–Crippen MR) is 218 cm³/mol. The topological polar surface area (TPSA) is 95.9 Å². The largest absolute Gasteiger partial charge is 0.481 e. The van der Waals surface area contributed by atoms with Gasteiger partial charge < -0.3 is 20.1 Å². The van der Waals surface area contributed by atoms with Crippen LogP contribution in [0.1, 0.15) is 124 Å². The second kappa shape index (κ2) is 15.0. The van der Waals surface area contributed by atoms with Crippen LogP contribution in [0.4, 0.5) is 5.69 Å². The van der Waals surface area contributed by atoms with E-state index in [4.69, 9.17) is 4.74 Å². The molecule has 1 aromatic rings. The van der Waals surface area contributed by atoms with E-state index in [1.165, 1.54) is 55.3 Å². The van der Waals surface area contributed by atoms with Gasteiger partial charge in [0.15, 0.2) is 5.78 Å². The fourth-order valence-electron chi connectivity index (χ4n) is 14.7. The summed E-state index contributed by atoms with van der Waals surface area (Å²) in [6.07, 6.45) is 12.7. The molecule has 11 unspecified atom stereocenters. The van der Waals surface area contributed by atoms with E-state index in [1.54, 1.807) is 5.57 Å². The van der Waals surface area contributed by atoms with Crippen LogP contribution >= 0.6 is 0 Å². The number of fused-ring (bicyclic) bond motifs is 7. The summed E-state index contributed by atoms with van der Waals surface area (Å²) in [5, 5.41) is 13.3. The molecule has 302 valence electrons. The van der Waals surface area contributed by atoms with Gasteiger partial charge in [0.05, 0.1) is 19.1 Å². The van der Waals surface area contributed by atoms with Crippen molar-refractivity contribution >= 4 is 23.2 Å². The highest BCUT2D eigenvalue weighted by atomic mass is 16.5. The first kappa shape index (κ1) is 39.3. The fraction of sp³-hybridized carbons (Fsp3) is 0.771. The Balaban J connectivity index is 0.931. The lowest BCUT2D eigenvalue weighted by Gasteiger charge is -2.65. The van der Waals surface area contributed by atoms with E-state index in [-0.39, 0.29) is 39.9 Å². The van der Waals surface area contributed by atoms with Crippen molar-refractivity contribution in [2.45, 2.75) is 125 Å². The van der Waals surface area contributed by atoms with Crippen molar-refractivity contribution in [1.82, 2.24) is 5.32 Å². The minimum atomic E-state index is -0.744. The lowest BCUT2D eigenvalue weighted by atomic mass is 9.39. The maximum absolute atomic E-state index is 14.0. The number of carboxylic acids is 1. The van der Waals surface area contributed by atoms with Gasteiger partial charge in [0.1, 0.15) is 5.78 Å². The van der Waals surface area contributed by atoms with Crippen molar-refractivity contribution in [3.05, 3.63) is 41.0 Å². The number of ketones is 2. The lowest BCUT2D eigenvalue weighted by molar-refractivity contribution is -0.162. The van der Waals surface area contributed by atoms with Crippen LogP contribution in [0.25, 0.3) is 0 Å². The summed E-state index contributed by atoms with van der Waals surface area (Å²) in [4.78, 5) is 41.5. The number of allylic oxidation sites excluding steroid dienone is 2. The van der Waals surface area contributed by atoms with Gasteiger partial charge in [-0.3, -0.25) is 14.4 Å². The smallest absolute Gasteiger partial charge is 0.306 e. The van der Waals surface area contributed by atoms with Gasteiger partial charge in [0.2, 0.25) is 0 Å². The third-order valence-corrected chi connectivity index (χ3v) is 17.7. The number of hydrogen-bond acceptors (Lipinski definition) is 6. The van der Waals surface area contributed by atoms with Gasteiger partial charge in [-0.2, -0.15) is 0 Å². The Bertz CT molecular complexity index is 1660. The molecule has 0 aromatic heterocycles. The number of nitrogens with zero attached hydrogens (tertiary/aromatic N) is 1. The summed E-state index contributed by atoms with van der Waals surface area (Å²) in [6.45, 7) is 19.4.